The zero-order valence-electron chi connectivity index (χ0n) is 27.3. The molecule has 0 aliphatic carbocycles. The van der Waals surface area contributed by atoms with Gasteiger partial charge in [0.05, 0.1) is 0 Å². The third kappa shape index (κ3) is 4.76. The highest BCUT2D eigenvalue weighted by molar-refractivity contribution is 7.26. The summed E-state index contributed by atoms with van der Waals surface area (Å²) in [6.07, 6.45) is 0. The summed E-state index contributed by atoms with van der Waals surface area (Å²) in [6.45, 7) is 0. The molecule has 9 aromatic carbocycles. The van der Waals surface area contributed by atoms with Crippen LogP contribution in [0.4, 0.5) is 17.1 Å². The number of nitrogens with zero attached hydrogens (tertiary/aromatic N) is 1. The van der Waals surface area contributed by atoms with E-state index in [0.29, 0.717) is 0 Å². The van der Waals surface area contributed by atoms with Gasteiger partial charge in [-0.2, -0.15) is 0 Å². The Morgan fingerprint density at radius 1 is 0.320 bits per heavy atom. The molecule has 10 rings (SSSR count). The molecule has 0 radical (unpaired) electrons. The molecule has 10 aromatic rings. The maximum absolute atomic E-state index is 2.40. The van der Waals surface area contributed by atoms with Crippen molar-refractivity contribution in [2.24, 2.45) is 0 Å². The Kier molecular flexibility index (Phi) is 6.75. The number of fused-ring (bicyclic) bond motifs is 8. The topological polar surface area (TPSA) is 3.24 Å². The monoisotopic (exact) mass is 653 g/mol. The van der Waals surface area contributed by atoms with Crippen LogP contribution in [0.2, 0.25) is 0 Å². The predicted octanol–water partition coefficient (Wildman–Crippen LogP) is 14.3. The summed E-state index contributed by atoms with van der Waals surface area (Å²) in [5, 5.41) is 10.3. The molecule has 0 atom stereocenters. The maximum atomic E-state index is 2.40. The van der Waals surface area contributed by atoms with E-state index in [4.69, 9.17) is 0 Å². The van der Waals surface area contributed by atoms with Crippen LogP contribution in [0.1, 0.15) is 0 Å². The van der Waals surface area contributed by atoms with Crippen LogP contribution in [0.3, 0.4) is 0 Å². The van der Waals surface area contributed by atoms with Crippen LogP contribution in [0, 0.1) is 0 Å². The van der Waals surface area contributed by atoms with Gasteiger partial charge >= 0.3 is 0 Å². The lowest BCUT2D eigenvalue weighted by atomic mass is 9.93. The van der Waals surface area contributed by atoms with Gasteiger partial charge in [0.1, 0.15) is 0 Å². The van der Waals surface area contributed by atoms with Gasteiger partial charge in [0.25, 0.3) is 0 Å². The summed E-state index contributed by atoms with van der Waals surface area (Å²) >= 11 is 1.89. The van der Waals surface area contributed by atoms with Gasteiger partial charge in [0.2, 0.25) is 0 Å². The van der Waals surface area contributed by atoms with Crippen molar-refractivity contribution in [2.75, 3.05) is 4.90 Å². The largest absolute Gasteiger partial charge is 0.310 e. The van der Waals surface area contributed by atoms with Gasteiger partial charge in [0, 0.05) is 37.2 Å². The van der Waals surface area contributed by atoms with E-state index in [1.54, 1.807) is 0 Å². The second kappa shape index (κ2) is 11.7. The summed E-state index contributed by atoms with van der Waals surface area (Å²) in [5.41, 5.74) is 8.25. The summed E-state index contributed by atoms with van der Waals surface area (Å²) in [5.74, 6) is 0. The second-order valence-corrected chi connectivity index (χ2v) is 14.0. The highest BCUT2D eigenvalue weighted by Crippen LogP contribution is 2.44. The first-order valence-corrected chi connectivity index (χ1v) is 17.9. The molecule has 0 amide bonds. The number of thiophene rings is 1. The maximum Gasteiger partial charge on any atom is 0.0476 e. The fourth-order valence-corrected chi connectivity index (χ4v) is 8.89. The summed E-state index contributed by atoms with van der Waals surface area (Å²) in [4.78, 5) is 2.40. The van der Waals surface area contributed by atoms with Gasteiger partial charge in [-0.1, -0.05) is 146 Å². The van der Waals surface area contributed by atoms with Gasteiger partial charge in [-0.05, 0) is 97.0 Å². The Morgan fingerprint density at radius 2 is 0.960 bits per heavy atom. The Hall–Kier alpha value is -6.22. The molecule has 50 heavy (non-hydrogen) atoms. The quantitative estimate of drug-likeness (QED) is 0.167. The molecule has 0 bridgehead atoms. The van der Waals surface area contributed by atoms with Crippen LogP contribution >= 0.6 is 11.3 Å². The predicted molar refractivity (Wildman–Crippen MR) is 217 cm³/mol. The fourth-order valence-electron chi connectivity index (χ4n) is 7.62. The minimum absolute atomic E-state index is 1.12. The van der Waals surface area contributed by atoms with Crippen LogP contribution in [0.15, 0.2) is 188 Å². The molecule has 0 unspecified atom stereocenters. The number of benzene rings is 9. The van der Waals surface area contributed by atoms with Crippen LogP contribution in [0.5, 0.6) is 0 Å². The van der Waals surface area contributed by atoms with Crippen molar-refractivity contribution in [1.29, 1.82) is 0 Å². The zero-order chi connectivity index (χ0) is 33.0. The Bertz CT molecular complexity index is 2870. The highest BCUT2D eigenvalue weighted by Gasteiger charge is 2.17. The molecule has 0 fully saturated rings. The molecule has 234 valence electrons. The summed E-state index contributed by atoms with van der Waals surface area (Å²) in [6, 6.07) is 68.7. The van der Waals surface area contributed by atoms with Crippen molar-refractivity contribution in [1.82, 2.24) is 0 Å². The number of hydrogen-bond acceptors (Lipinski definition) is 2. The van der Waals surface area contributed by atoms with E-state index in [1.165, 1.54) is 74.7 Å². The lowest BCUT2D eigenvalue weighted by molar-refractivity contribution is 1.29. The van der Waals surface area contributed by atoms with Crippen LogP contribution < -0.4 is 4.90 Å². The van der Waals surface area contributed by atoms with E-state index < -0.39 is 0 Å². The number of hydrogen-bond donors (Lipinski definition) is 0. The van der Waals surface area contributed by atoms with Crippen molar-refractivity contribution in [3.8, 4) is 22.3 Å². The average molecular weight is 654 g/mol. The van der Waals surface area contributed by atoms with E-state index in [0.717, 1.165) is 17.1 Å². The van der Waals surface area contributed by atoms with Gasteiger partial charge in [-0.3, -0.25) is 0 Å². The molecule has 0 aliphatic heterocycles. The van der Waals surface area contributed by atoms with Gasteiger partial charge in [-0.25, -0.2) is 0 Å². The van der Waals surface area contributed by atoms with E-state index in [9.17, 15) is 0 Å². The molecule has 0 aliphatic rings. The highest BCUT2D eigenvalue weighted by atomic mass is 32.1. The van der Waals surface area contributed by atoms with Crippen molar-refractivity contribution in [3.05, 3.63) is 188 Å². The third-order valence-electron chi connectivity index (χ3n) is 10.0. The summed E-state index contributed by atoms with van der Waals surface area (Å²) in [7, 11) is 0. The molecule has 0 N–H and O–H groups in total. The van der Waals surface area contributed by atoms with Crippen molar-refractivity contribution in [3.63, 3.8) is 0 Å². The average Bonchev–Trinajstić information content (AvgIpc) is 3.57. The third-order valence-corrected chi connectivity index (χ3v) is 11.2. The Labute approximate surface area is 294 Å². The molecule has 0 spiro atoms. The van der Waals surface area contributed by atoms with E-state index >= 15 is 0 Å². The molecule has 1 nitrogen and oxygen atoms in total. The lowest BCUT2D eigenvalue weighted by Gasteiger charge is -2.26. The van der Waals surface area contributed by atoms with Gasteiger partial charge < -0.3 is 4.90 Å². The minimum atomic E-state index is 1.12. The smallest absolute Gasteiger partial charge is 0.0476 e. The molecule has 1 aromatic heterocycles. The van der Waals surface area contributed by atoms with Crippen molar-refractivity contribution in [2.45, 2.75) is 0 Å². The summed E-state index contributed by atoms with van der Waals surface area (Å²) < 4.78 is 2.64. The lowest BCUT2D eigenvalue weighted by Crippen LogP contribution is -2.10. The molecule has 0 saturated heterocycles. The molecular formula is C48H31NS. The number of rotatable bonds is 5. The van der Waals surface area contributed by atoms with E-state index in [1.807, 2.05) is 11.3 Å². The molecule has 2 heteroatoms. The Morgan fingerprint density at radius 3 is 1.80 bits per heavy atom. The SMILES string of the molecule is c1ccc(-c2cccc(N(c3ccc(-c4cc5ccccc5c5ccccc45)cc3)c3ccc4c(c3)sc3c5ccccc5ccc43)c2)cc1. The minimum Gasteiger partial charge on any atom is -0.310 e. The van der Waals surface area contributed by atoms with E-state index in [-0.39, 0.29) is 0 Å². The van der Waals surface area contributed by atoms with Crippen molar-refractivity contribution < 1.29 is 0 Å². The number of anilines is 3. The first-order chi connectivity index (χ1) is 24.8. The fraction of sp³-hybridized carbons (Fsp3) is 0. The Balaban J connectivity index is 1.14. The first-order valence-electron chi connectivity index (χ1n) is 17.1. The molecule has 1 heterocycles. The van der Waals surface area contributed by atoms with E-state index in [2.05, 4.69) is 193 Å². The normalized spacial score (nSPS) is 11.6. The van der Waals surface area contributed by atoms with Gasteiger partial charge in [-0.15, -0.1) is 11.3 Å². The molecule has 0 saturated carbocycles. The molecular weight excluding hydrogens is 623 g/mol. The second-order valence-electron chi connectivity index (χ2n) is 12.9. The zero-order valence-corrected chi connectivity index (χ0v) is 28.1. The van der Waals surface area contributed by atoms with Crippen molar-refractivity contribution >= 4 is 80.9 Å². The van der Waals surface area contributed by atoms with Crippen LogP contribution in [-0.2, 0) is 0 Å². The standard InChI is InChI=1S/C48H31NS/c1-2-11-32(12-3-1)35-15-10-16-38(29-35)49(39-26-28-44-45-27-23-33-13-4-7-18-41(33)48(45)50-47(44)31-39)37-24-21-34(22-25-37)46-30-36-14-5-6-17-40(36)42-19-8-9-20-43(42)46/h1-31H. The first kappa shape index (κ1) is 28.8. The van der Waals surface area contributed by atoms with Crippen LogP contribution in [-0.4, -0.2) is 0 Å². The van der Waals surface area contributed by atoms with Crippen LogP contribution in [0.25, 0.3) is 74.7 Å². The van der Waals surface area contributed by atoms with Gasteiger partial charge in [0.15, 0.2) is 0 Å².